The molecule has 1 fully saturated rings. The Hall–Kier alpha value is -1.91. The maximum absolute atomic E-state index is 5.77. The Labute approximate surface area is 131 Å². The van der Waals surface area contributed by atoms with Crippen LogP contribution in [0.4, 0.5) is 0 Å². The highest BCUT2D eigenvalue weighted by molar-refractivity contribution is 5.27. The van der Waals surface area contributed by atoms with E-state index in [2.05, 4.69) is 28.5 Å². The van der Waals surface area contributed by atoms with Gasteiger partial charge in [0, 0.05) is 32.1 Å². The van der Waals surface area contributed by atoms with Gasteiger partial charge in [0.15, 0.2) is 0 Å². The fraction of sp³-hybridized carbons (Fsp3) is 0.389. The molecule has 22 heavy (non-hydrogen) atoms. The van der Waals surface area contributed by atoms with Gasteiger partial charge in [0.2, 0.25) is 0 Å². The molecule has 4 heteroatoms. The monoisotopic (exact) mass is 298 g/mol. The fourth-order valence-corrected chi connectivity index (χ4v) is 2.52. The Kier molecular flexibility index (Phi) is 5.40. The number of nitrogens with zero attached hydrogens (tertiary/aromatic N) is 1. The van der Waals surface area contributed by atoms with Crippen molar-refractivity contribution in [2.75, 3.05) is 13.2 Å². The molecule has 2 heterocycles. The second kappa shape index (κ2) is 7.92. The maximum atomic E-state index is 5.77. The van der Waals surface area contributed by atoms with Crippen molar-refractivity contribution < 1.29 is 9.47 Å². The predicted molar refractivity (Wildman–Crippen MR) is 85.7 cm³/mol. The highest BCUT2D eigenvalue weighted by atomic mass is 16.5. The molecule has 1 atom stereocenters. The van der Waals surface area contributed by atoms with Crippen LogP contribution in [0.1, 0.15) is 24.0 Å². The van der Waals surface area contributed by atoms with Crippen LogP contribution in [0.3, 0.4) is 0 Å². The van der Waals surface area contributed by atoms with E-state index in [1.807, 2.05) is 24.4 Å². The van der Waals surface area contributed by atoms with E-state index >= 15 is 0 Å². The lowest BCUT2D eigenvalue weighted by atomic mass is 10.2. The summed E-state index contributed by atoms with van der Waals surface area (Å²) in [4.78, 5) is 4.11. The summed E-state index contributed by atoms with van der Waals surface area (Å²) in [5.74, 6) is 0.909. The quantitative estimate of drug-likeness (QED) is 0.853. The van der Waals surface area contributed by atoms with Gasteiger partial charge in [0.05, 0.1) is 6.10 Å². The Morgan fingerprint density at radius 3 is 2.73 bits per heavy atom. The third kappa shape index (κ3) is 4.55. The normalized spacial score (nSPS) is 17.5. The molecule has 1 aromatic carbocycles. The topological polar surface area (TPSA) is 43.4 Å². The number of pyridine rings is 1. The molecule has 1 aliphatic heterocycles. The summed E-state index contributed by atoms with van der Waals surface area (Å²) in [5, 5.41) is 3.41. The van der Waals surface area contributed by atoms with E-state index in [1.54, 1.807) is 6.20 Å². The van der Waals surface area contributed by atoms with E-state index in [0.717, 1.165) is 38.3 Å². The third-order valence-electron chi connectivity index (χ3n) is 3.76. The average Bonchev–Trinajstić information content (AvgIpc) is 3.09. The Morgan fingerprint density at radius 2 is 2.00 bits per heavy atom. The summed E-state index contributed by atoms with van der Waals surface area (Å²) >= 11 is 0. The molecule has 0 radical (unpaired) electrons. The summed E-state index contributed by atoms with van der Waals surface area (Å²) < 4.78 is 11.3. The molecular formula is C18H22N2O2. The maximum Gasteiger partial charge on any atom is 0.119 e. The first-order chi connectivity index (χ1) is 10.9. The molecule has 3 rings (SSSR count). The SMILES string of the molecule is c1cncc(CNCc2ccc(OC[C@H]3CCCO3)cc2)c1. The molecule has 1 aromatic heterocycles. The summed E-state index contributed by atoms with van der Waals surface area (Å²) in [6.07, 6.45) is 6.19. The van der Waals surface area contributed by atoms with Gasteiger partial charge >= 0.3 is 0 Å². The van der Waals surface area contributed by atoms with Gasteiger partial charge in [-0.2, -0.15) is 0 Å². The van der Waals surface area contributed by atoms with Crippen LogP contribution in [-0.4, -0.2) is 24.3 Å². The van der Waals surface area contributed by atoms with Crippen LogP contribution in [0, 0.1) is 0 Å². The Balaban J connectivity index is 1.41. The van der Waals surface area contributed by atoms with Crippen LogP contribution in [0.25, 0.3) is 0 Å². The van der Waals surface area contributed by atoms with E-state index < -0.39 is 0 Å². The zero-order chi connectivity index (χ0) is 15.0. The highest BCUT2D eigenvalue weighted by Crippen LogP contribution is 2.16. The van der Waals surface area contributed by atoms with Gasteiger partial charge in [-0.15, -0.1) is 0 Å². The first-order valence-corrected chi connectivity index (χ1v) is 7.83. The molecule has 0 spiro atoms. The van der Waals surface area contributed by atoms with Gasteiger partial charge in [0.25, 0.3) is 0 Å². The Morgan fingerprint density at radius 1 is 1.14 bits per heavy atom. The minimum Gasteiger partial charge on any atom is -0.491 e. The van der Waals surface area contributed by atoms with Crippen LogP contribution in [0.15, 0.2) is 48.8 Å². The van der Waals surface area contributed by atoms with Crippen molar-refractivity contribution in [3.05, 3.63) is 59.9 Å². The Bertz CT molecular complexity index is 551. The van der Waals surface area contributed by atoms with Crippen molar-refractivity contribution in [3.8, 4) is 5.75 Å². The van der Waals surface area contributed by atoms with Crippen LogP contribution in [0.2, 0.25) is 0 Å². The number of benzene rings is 1. The molecule has 1 saturated heterocycles. The van der Waals surface area contributed by atoms with E-state index in [-0.39, 0.29) is 6.10 Å². The van der Waals surface area contributed by atoms with E-state index in [9.17, 15) is 0 Å². The fourth-order valence-electron chi connectivity index (χ4n) is 2.52. The smallest absolute Gasteiger partial charge is 0.119 e. The lowest BCUT2D eigenvalue weighted by Crippen LogP contribution is -2.16. The summed E-state index contributed by atoms with van der Waals surface area (Å²) in [5.41, 5.74) is 2.44. The predicted octanol–water partition coefficient (Wildman–Crippen LogP) is 2.93. The molecule has 4 nitrogen and oxygen atoms in total. The van der Waals surface area contributed by atoms with Crippen LogP contribution >= 0.6 is 0 Å². The molecule has 0 amide bonds. The molecule has 0 aliphatic carbocycles. The molecule has 0 saturated carbocycles. The van der Waals surface area contributed by atoms with Crippen molar-refractivity contribution in [1.82, 2.24) is 10.3 Å². The van der Waals surface area contributed by atoms with Gasteiger partial charge in [-0.25, -0.2) is 0 Å². The van der Waals surface area contributed by atoms with E-state index in [0.29, 0.717) is 6.61 Å². The van der Waals surface area contributed by atoms with Crippen molar-refractivity contribution in [2.45, 2.75) is 32.0 Å². The summed E-state index contributed by atoms with van der Waals surface area (Å²) in [6.45, 7) is 3.18. The minimum atomic E-state index is 0.265. The van der Waals surface area contributed by atoms with Crippen LogP contribution < -0.4 is 10.1 Å². The molecule has 0 unspecified atom stereocenters. The van der Waals surface area contributed by atoms with E-state index in [4.69, 9.17) is 9.47 Å². The summed E-state index contributed by atoms with van der Waals surface area (Å²) in [7, 11) is 0. The average molecular weight is 298 g/mol. The molecular weight excluding hydrogens is 276 g/mol. The number of hydrogen-bond acceptors (Lipinski definition) is 4. The highest BCUT2D eigenvalue weighted by Gasteiger charge is 2.15. The number of nitrogens with one attached hydrogen (secondary N) is 1. The third-order valence-corrected chi connectivity index (χ3v) is 3.76. The molecule has 116 valence electrons. The number of rotatable bonds is 7. The van der Waals surface area contributed by atoms with Crippen molar-refractivity contribution >= 4 is 0 Å². The first kappa shape index (κ1) is 15.0. The van der Waals surface area contributed by atoms with Crippen LogP contribution in [0.5, 0.6) is 5.75 Å². The second-order valence-corrected chi connectivity index (χ2v) is 5.55. The molecule has 0 bridgehead atoms. The first-order valence-electron chi connectivity index (χ1n) is 7.83. The van der Waals surface area contributed by atoms with Crippen molar-refractivity contribution in [1.29, 1.82) is 0 Å². The lowest BCUT2D eigenvalue weighted by Gasteiger charge is -2.12. The number of aromatic nitrogens is 1. The van der Waals surface area contributed by atoms with Crippen LogP contribution in [-0.2, 0) is 17.8 Å². The lowest BCUT2D eigenvalue weighted by molar-refractivity contribution is 0.0679. The van der Waals surface area contributed by atoms with Gasteiger partial charge in [0.1, 0.15) is 12.4 Å². The molecule has 1 N–H and O–H groups in total. The van der Waals surface area contributed by atoms with Gasteiger partial charge < -0.3 is 14.8 Å². The van der Waals surface area contributed by atoms with Crippen molar-refractivity contribution in [3.63, 3.8) is 0 Å². The minimum absolute atomic E-state index is 0.265. The molecule has 2 aromatic rings. The molecule has 1 aliphatic rings. The van der Waals surface area contributed by atoms with Gasteiger partial charge in [-0.05, 0) is 42.2 Å². The van der Waals surface area contributed by atoms with Crippen molar-refractivity contribution in [2.24, 2.45) is 0 Å². The zero-order valence-electron chi connectivity index (χ0n) is 12.7. The van der Waals surface area contributed by atoms with E-state index in [1.165, 1.54) is 11.1 Å². The largest absolute Gasteiger partial charge is 0.491 e. The number of hydrogen-bond donors (Lipinski definition) is 1. The standard InChI is InChI=1S/C18H22N2O2/c1-3-16(12-19-9-1)13-20-11-15-5-7-17(8-6-15)22-14-18-4-2-10-21-18/h1,3,5-9,12,18,20H,2,4,10-11,13-14H2/t18-/m1/s1. The number of ether oxygens (including phenoxy) is 2. The second-order valence-electron chi connectivity index (χ2n) is 5.55. The summed E-state index contributed by atoms with van der Waals surface area (Å²) in [6, 6.07) is 12.3. The zero-order valence-corrected chi connectivity index (χ0v) is 12.7. The van der Waals surface area contributed by atoms with Gasteiger partial charge in [-0.1, -0.05) is 18.2 Å². The van der Waals surface area contributed by atoms with Gasteiger partial charge in [-0.3, -0.25) is 4.98 Å².